The van der Waals surface area contributed by atoms with Crippen LogP contribution in [0.25, 0.3) is 0 Å². The molecule has 1 N–H and O–H groups in total. The molecule has 2 rings (SSSR count). The summed E-state index contributed by atoms with van der Waals surface area (Å²) in [5.74, 6) is 0. The fourth-order valence-electron chi connectivity index (χ4n) is 3.46. The zero-order valence-corrected chi connectivity index (χ0v) is 14.9. The second kappa shape index (κ2) is 10.1. The van der Waals surface area contributed by atoms with Gasteiger partial charge in [-0.15, -0.1) is 0 Å². The Morgan fingerprint density at radius 1 is 1.17 bits per heavy atom. The van der Waals surface area contributed by atoms with Gasteiger partial charge in [0.25, 0.3) is 0 Å². The Morgan fingerprint density at radius 2 is 1.96 bits per heavy atom. The lowest BCUT2D eigenvalue weighted by Crippen LogP contribution is -2.49. The van der Waals surface area contributed by atoms with E-state index in [0.717, 1.165) is 71.7 Å². The Hall–Kier alpha value is -0.850. The van der Waals surface area contributed by atoms with Crippen molar-refractivity contribution in [2.75, 3.05) is 66.6 Å². The van der Waals surface area contributed by atoms with Crippen LogP contribution in [0.15, 0.2) is 0 Å². The normalized spacial score (nSPS) is 23.0. The van der Waals surface area contributed by atoms with Crippen LogP contribution in [0.5, 0.6) is 0 Å². The van der Waals surface area contributed by atoms with Crippen molar-refractivity contribution in [2.45, 2.75) is 38.1 Å². The minimum atomic E-state index is 0.169. The van der Waals surface area contributed by atoms with Crippen LogP contribution in [-0.2, 0) is 4.74 Å². The summed E-state index contributed by atoms with van der Waals surface area (Å²) in [6.45, 7) is 8.05. The molecule has 0 aliphatic carbocycles. The van der Waals surface area contributed by atoms with Crippen molar-refractivity contribution < 1.29 is 9.53 Å². The molecule has 0 aromatic carbocycles. The second-order valence-corrected chi connectivity index (χ2v) is 6.87. The van der Waals surface area contributed by atoms with E-state index in [2.05, 4.69) is 15.1 Å². The van der Waals surface area contributed by atoms with Crippen molar-refractivity contribution in [3.63, 3.8) is 0 Å². The summed E-state index contributed by atoms with van der Waals surface area (Å²) in [6, 6.07) is 0.576. The van der Waals surface area contributed by atoms with E-state index in [1.165, 1.54) is 12.8 Å². The SMILES string of the molecule is CN(C)C(=O)N1CCCCC1CCNCCCN1CCOCC1. The molecule has 1 unspecified atom stereocenters. The molecule has 0 saturated carbocycles. The van der Waals surface area contributed by atoms with Gasteiger partial charge in [-0.2, -0.15) is 0 Å². The van der Waals surface area contributed by atoms with Crippen LogP contribution in [0.3, 0.4) is 0 Å². The van der Waals surface area contributed by atoms with Gasteiger partial charge in [-0.25, -0.2) is 4.79 Å². The molecule has 2 saturated heterocycles. The third kappa shape index (κ3) is 6.28. The highest BCUT2D eigenvalue weighted by Crippen LogP contribution is 2.20. The molecule has 2 amide bonds. The van der Waals surface area contributed by atoms with Crippen LogP contribution in [0.1, 0.15) is 32.1 Å². The monoisotopic (exact) mass is 326 g/mol. The molecule has 6 heteroatoms. The summed E-state index contributed by atoms with van der Waals surface area (Å²) in [5.41, 5.74) is 0. The molecule has 2 heterocycles. The lowest BCUT2D eigenvalue weighted by molar-refractivity contribution is 0.0374. The molecule has 0 aromatic heterocycles. The molecule has 0 aromatic rings. The predicted octanol–water partition coefficient (Wildman–Crippen LogP) is 1.22. The number of carbonyl (C=O) groups excluding carboxylic acids is 1. The number of rotatable bonds is 7. The first kappa shape index (κ1) is 18.5. The summed E-state index contributed by atoms with van der Waals surface area (Å²) in [4.78, 5) is 18.5. The number of hydrogen-bond acceptors (Lipinski definition) is 4. The van der Waals surface area contributed by atoms with Crippen molar-refractivity contribution in [1.82, 2.24) is 20.0 Å². The molecule has 1 atom stereocenters. The van der Waals surface area contributed by atoms with E-state index < -0.39 is 0 Å². The smallest absolute Gasteiger partial charge is 0.319 e. The first-order chi connectivity index (χ1) is 11.2. The van der Waals surface area contributed by atoms with E-state index in [-0.39, 0.29) is 6.03 Å². The first-order valence-corrected chi connectivity index (χ1v) is 9.17. The Labute approximate surface area is 141 Å². The molecule has 6 nitrogen and oxygen atoms in total. The highest BCUT2D eigenvalue weighted by molar-refractivity contribution is 5.74. The zero-order chi connectivity index (χ0) is 16.5. The van der Waals surface area contributed by atoms with Gasteiger partial charge in [-0.1, -0.05) is 0 Å². The Kier molecular flexibility index (Phi) is 8.12. The van der Waals surface area contributed by atoms with Gasteiger partial charge >= 0.3 is 6.03 Å². The average Bonchev–Trinajstić information content (AvgIpc) is 2.58. The summed E-state index contributed by atoms with van der Waals surface area (Å²) in [6.07, 6.45) is 5.79. The van der Waals surface area contributed by atoms with E-state index in [4.69, 9.17) is 4.74 Å². The van der Waals surface area contributed by atoms with Gasteiger partial charge in [0.15, 0.2) is 0 Å². The van der Waals surface area contributed by atoms with Crippen LogP contribution in [0, 0.1) is 0 Å². The maximum absolute atomic E-state index is 12.2. The fourth-order valence-corrected chi connectivity index (χ4v) is 3.46. The Bertz CT molecular complexity index is 345. The van der Waals surface area contributed by atoms with Gasteiger partial charge in [0.1, 0.15) is 0 Å². The van der Waals surface area contributed by atoms with Crippen LogP contribution < -0.4 is 5.32 Å². The van der Waals surface area contributed by atoms with Crippen molar-refractivity contribution in [3.8, 4) is 0 Å². The minimum absolute atomic E-state index is 0.169. The highest BCUT2D eigenvalue weighted by atomic mass is 16.5. The number of morpholine rings is 1. The van der Waals surface area contributed by atoms with Gasteiger partial charge in [0.05, 0.1) is 13.2 Å². The van der Waals surface area contributed by atoms with E-state index in [1.54, 1.807) is 4.90 Å². The van der Waals surface area contributed by atoms with Crippen molar-refractivity contribution in [1.29, 1.82) is 0 Å². The molecule has 0 spiro atoms. The number of urea groups is 1. The molecule has 2 fully saturated rings. The third-order valence-corrected chi connectivity index (χ3v) is 4.84. The molecule has 2 aliphatic rings. The second-order valence-electron chi connectivity index (χ2n) is 6.87. The van der Waals surface area contributed by atoms with Crippen LogP contribution >= 0.6 is 0 Å². The number of hydrogen-bond donors (Lipinski definition) is 1. The number of nitrogens with zero attached hydrogens (tertiary/aromatic N) is 3. The molecule has 23 heavy (non-hydrogen) atoms. The van der Waals surface area contributed by atoms with Gasteiger partial charge in [-0.3, -0.25) is 4.90 Å². The van der Waals surface area contributed by atoms with E-state index in [1.807, 2.05) is 14.1 Å². The van der Waals surface area contributed by atoms with Gasteiger partial charge in [0, 0.05) is 39.8 Å². The minimum Gasteiger partial charge on any atom is -0.379 e. The Balaban J connectivity index is 1.57. The van der Waals surface area contributed by atoms with Crippen molar-refractivity contribution in [3.05, 3.63) is 0 Å². The maximum atomic E-state index is 12.2. The molecule has 2 aliphatic heterocycles. The number of likely N-dealkylation sites (tertiary alicyclic amines) is 1. The van der Waals surface area contributed by atoms with E-state index >= 15 is 0 Å². The summed E-state index contributed by atoms with van der Waals surface area (Å²) < 4.78 is 5.36. The van der Waals surface area contributed by atoms with Crippen LogP contribution in [-0.4, -0.2) is 93.4 Å². The first-order valence-electron chi connectivity index (χ1n) is 9.17. The maximum Gasteiger partial charge on any atom is 0.319 e. The van der Waals surface area contributed by atoms with Gasteiger partial charge in [-0.05, 0) is 51.7 Å². The van der Waals surface area contributed by atoms with Gasteiger partial charge in [0.2, 0.25) is 0 Å². The largest absolute Gasteiger partial charge is 0.379 e. The lowest BCUT2D eigenvalue weighted by atomic mass is 9.99. The van der Waals surface area contributed by atoms with E-state index in [0.29, 0.717) is 6.04 Å². The number of piperidine rings is 1. The standard InChI is InChI=1S/C17H34N4O2/c1-19(2)17(22)21-11-4-3-6-16(21)7-9-18-8-5-10-20-12-14-23-15-13-20/h16,18H,3-15H2,1-2H3. The number of nitrogens with one attached hydrogen (secondary N) is 1. The Morgan fingerprint density at radius 3 is 2.70 bits per heavy atom. The number of amides is 2. The third-order valence-electron chi connectivity index (χ3n) is 4.84. The molecule has 0 radical (unpaired) electrons. The van der Waals surface area contributed by atoms with Crippen molar-refractivity contribution >= 4 is 6.03 Å². The lowest BCUT2D eigenvalue weighted by Gasteiger charge is -2.37. The summed E-state index contributed by atoms with van der Waals surface area (Å²) >= 11 is 0. The quantitative estimate of drug-likeness (QED) is 0.715. The fraction of sp³-hybridized carbons (Fsp3) is 0.941. The number of carbonyl (C=O) groups is 1. The summed E-state index contributed by atoms with van der Waals surface area (Å²) in [5, 5.41) is 3.55. The average molecular weight is 326 g/mol. The van der Waals surface area contributed by atoms with E-state index in [9.17, 15) is 4.79 Å². The highest BCUT2D eigenvalue weighted by Gasteiger charge is 2.27. The molecule has 0 bridgehead atoms. The van der Waals surface area contributed by atoms with Crippen LogP contribution in [0.2, 0.25) is 0 Å². The topological polar surface area (TPSA) is 48.1 Å². The number of ether oxygens (including phenoxy) is 1. The molecule has 134 valence electrons. The molecular weight excluding hydrogens is 292 g/mol. The van der Waals surface area contributed by atoms with Crippen LogP contribution in [0.4, 0.5) is 4.79 Å². The van der Waals surface area contributed by atoms with Crippen molar-refractivity contribution in [2.24, 2.45) is 0 Å². The summed E-state index contributed by atoms with van der Waals surface area (Å²) in [7, 11) is 3.69. The predicted molar refractivity (Wildman–Crippen MR) is 92.8 cm³/mol. The molecular formula is C17H34N4O2. The van der Waals surface area contributed by atoms with Gasteiger partial charge < -0.3 is 19.9 Å². The zero-order valence-electron chi connectivity index (χ0n) is 14.9.